The van der Waals surface area contributed by atoms with Crippen molar-refractivity contribution in [1.29, 1.82) is 0 Å². The fourth-order valence-corrected chi connectivity index (χ4v) is 2.97. The van der Waals surface area contributed by atoms with Crippen LogP contribution in [0.15, 0.2) is 30.6 Å². The minimum absolute atomic E-state index is 0.106. The summed E-state index contributed by atoms with van der Waals surface area (Å²) in [5.74, 6) is 0.843. The van der Waals surface area contributed by atoms with Crippen LogP contribution in [0.25, 0.3) is 5.82 Å². The average Bonchev–Trinajstić information content (AvgIpc) is 2.72. The van der Waals surface area contributed by atoms with Crippen LogP contribution in [-0.2, 0) is 6.42 Å². The van der Waals surface area contributed by atoms with E-state index in [1.165, 1.54) is 0 Å². The van der Waals surface area contributed by atoms with Crippen LogP contribution in [0.5, 0.6) is 0 Å². The molecular weight excluding hydrogens is 260 g/mol. The van der Waals surface area contributed by atoms with E-state index in [0.29, 0.717) is 5.02 Å². The highest BCUT2D eigenvalue weighted by atomic mass is 35.5. The van der Waals surface area contributed by atoms with Crippen LogP contribution in [0, 0.1) is 5.41 Å². The number of hydrogen-bond acceptors (Lipinski definition) is 2. The molecule has 0 aliphatic heterocycles. The van der Waals surface area contributed by atoms with E-state index in [-0.39, 0.29) is 11.5 Å². The van der Waals surface area contributed by atoms with Crippen LogP contribution in [0.2, 0.25) is 5.02 Å². The molecule has 1 unspecified atom stereocenters. The third-order valence-corrected chi connectivity index (χ3v) is 3.96. The molecule has 0 bridgehead atoms. The van der Waals surface area contributed by atoms with Gasteiger partial charge in [-0.05, 0) is 36.5 Å². The first-order valence-corrected chi connectivity index (χ1v) is 6.84. The Morgan fingerprint density at radius 3 is 2.84 bits per heavy atom. The Morgan fingerprint density at radius 1 is 1.37 bits per heavy atom. The molecule has 0 aromatic carbocycles. The molecule has 2 heterocycles. The quantitative estimate of drug-likeness (QED) is 0.865. The number of fused-ring (bicyclic) bond motifs is 1. The van der Waals surface area contributed by atoms with Gasteiger partial charge in [0, 0.05) is 23.7 Å². The van der Waals surface area contributed by atoms with Gasteiger partial charge in [0.25, 0.3) is 0 Å². The summed E-state index contributed by atoms with van der Waals surface area (Å²) in [6.07, 6.45) is 4.99. The van der Waals surface area contributed by atoms with E-state index in [0.717, 1.165) is 29.9 Å². The molecule has 19 heavy (non-hydrogen) atoms. The number of halogens is 1. The Hall–Kier alpha value is -1.32. The number of pyridine rings is 1. The molecule has 0 amide bonds. The van der Waals surface area contributed by atoms with E-state index < -0.39 is 0 Å². The molecule has 0 saturated heterocycles. The molecule has 0 radical (unpaired) electrons. The van der Waals surface area contributed by atoms with Crippen molar-refractivity contribution in [3.05, 3.63) is 46.9 Å². The molecule has 0 saturated carbocycles. The summed E-state index contributed by atoms with van der Waals surface area (Å²) in [6.45, 7) is 4.37. The van der Waals surface area contributed by atoms with Crippen LogP contribution in [0.4, 0.5) is 0 Å². The summed E-state index contributed by atoms with van der Waals surface area (Å²) in [4.78, 5) is 4.35. The molecule has 0 fully saturated rings. The molecule has 1 atom stereocenters. The minimum Gasteiger partial charge on any atom is -0.388 e. The van der Waals surface area contributed by atoms with E-state index in [1.807, 2.05) is 24.4 Å². The highest BCUT2D eigenvalue weighted by molar-refractivity contribution is 6.30. The van der Waals surface area contributed by atoms with Gasteiger partial charge in [-0.25, -0.2) is 4.98 Å². The molecule has 4 heteroatoms. The maximum atomic E-state index is 10.2. The number of hydrogen-bond donors (Lipinski definition) is 1. The maximum absolute atomic E-state index is 10.2. The number of aliphatic hydroxyl groups is 1. The van der Waals surface area contributed by atoms with Gasteiger partial charge >= 0.3 is 0 Å². The Labute approximate surface area is 117 Å². The summed E-state index contributed by atoms with van der Waals surface area (Å²) in [5.41, 5.74) is 2.28. The second-order valence-corrected chi connectivity index (χ2v) is 6.42. The predicted molar refractivity (Wildman–Crippen MR) is 75.6 cm³/mol. The van der Waals surface area contributed by atoms with Crippen LogP contribution in [0.3, 0.4) is 0 Å². The van der Waals surface area contributed by atoms with Gasteiger partial charge in [0.2, 0.25) is 0 Å². The zero-order valence-electron chi connectivity index (χ0n) is 11.1. The van der Waals surface area contributed by atoms with Gasteiger partial charge in [0.05, 0.1) is 11.1 Å². The zero-order valence-corrected chi connectivity index (χ0v) is 11.9. The largest absolute Gasteiger partial charge is 0.388 e. The zero-order chi connectivity index (χ0) is 13.6. The van der Waals surface area contributed by atoms with Crippen LogP contribution < -0.4 is 0 Å². The van der Waals surface area contributed by atoms with Crippen LogP contribution in [-0.4, -0.2) is 14.7 Å². The number of nitrogens with zero attached hydrogens (tertiary/aromatic N) is 2. The smallest absolute Gasteiger partial charge is 0.136 e. The maximum Gasteiger partial charge on any atom is 0.136 e. The summed E-state index contributed by atoms with van der Waals surface area (Å²) in [7, 11) is 0. The van der Waals surface area contributed by atoms with Gasteiger partial charge in [-0.1, -0.05) is 25.4 Å². The van der Waals surface area contributed by atoms with Crippen molar-refractivity contribution in [2.75, 3.05) is 0 Å². The van der Waals surface area contributed by atoms with Crippen molar-refractivity contribution in [3.8, 4) is 5.82 Å². The lowest BCUT2D eigenvalue weighted by atomic mass is 9.75. The summed E-state index contributed by atoms with van der Waals surface area (Å²) >= 11 is 5.87. The second kappa shape index (κ2) is 4.36. The number of aromatic nitrogens is 2. The molecule has 2 aromatic rings. The first-order valence-electron chi connectivity index (χ1n) is 6.46. The highest BCUT2D eigenvalue weighted by Gasteiger charge is 2.33. The fraction of sp³-hybridized carbons (Fsp3) is 0.400. The monoisotopic (exact) mass is 276 g/mol. The molecule has 2 aromatic heterocycles. The number of rotatable bonds is 1. The van der Waals surface area contributed by atoms with Crippen molar-refractivity contribution in [2.45, 2.75) is 32.8 Å². The molecule has 1 aliphatic carbocycles. The molecule has 1 aliphatic rings. The van der Waals surface area contributed by atoms with Crippen molar-refractivity contribution in [2.24, 2.45) is 5.41 Å². The van der Waals surface area contributed by atoms with E-state index >= 15 is 0 Å². The van der Waals surface area contributed by atoms with E-state index in [4.69, 9.17) is 11.6 Å². The third-order valence-electron chi connectivity index (χ3n) is 3.74. The van der Waals surface area contributed by atoms with Gasteiger partial charge in [0.1, 0.15) is 5.82 Å². The lowest BCUT2D eigenvalue weighted by Gasteiger charge is -2.33. The van der Waals surface area contributed by atoms with Gasteiger partial charge in [0.15, 0.2) is 0 Å². The van der Waals surface area contributed by atoms with Crippen molar-refractivity contribution in [1.82, 2.24) is 9.55 Å². The summed E-state index contributed by atoms with van der Waals surface area (Å²) < 4.78 is 2.05. The molecule has 3 nitrogen and oxygen atoms in total. The average molecular weight is 277 g/mol. The normalized spacial score (nSPS) is 21.2. The lowest BCUT2D eigenvalue weighted by molar-refractivity contribution is 0.0986. The number of aliphatic hydroxyl groups excluding tert-OH is 1. The first-order chi connectivity index (χ1) is 8.96. The van der Waals surface area contributed by atoms with E-state index in [2.05, 4.69) is 23.4 Å². The Morgan fingerprint density at radius 2 is 2.16 bits per heavy atom. The Bertz CT molecular complexity index is 601. The molecule has 1 N–H and O–H groups in total. The van der Waals surface area contributed by atoms with Gasteiger partial charge in [-0.15, -0.1) is 0 Å². The van der Waals surface area contributed by atoms with Crippen molar-refractivity contribution in [3.63, 3.8) is 0 Å². The van der Waals surface area contributed by atoms with Crippen LogP contribution in [0.1, 0.15) is 37.6 Å². The molecular formula is C15H17ClN2O. The van der Waals surface area contributed by atoms with E-state index in [1.54, 1.807) is 6.20 Å². The molecule has 100 valence electrons. The predicted octanol–water partition coefficient (Wildman–Crippen LogP) is 3.53. The van der Waals surface area contributed by atoms with Crippen LogP contribution >= 0.6 is 11.6 Å². The van der Waals surface area contributed by atoms with Gasteiger partial charge in [-0.3, -0.25) is 0 Å². The van der Waals surface area contributed by atoms with Gasteiger partial charge < -0.3 is 9.67 Å². The molecule has 3 rings (SSSR count). The highest BCUT2D eigenvalue weighted by Crippen LogP contribution is 2.41. The van der Waals surface area contributed by atoms with E-state index in [9.17, 15) is 5.11 Å². The standard InChI is InChI=1S/C15H17ClN2O/c1-15(2)7-12-11(13(19)8-15)5-6-18(12)14-4-3-10(16)9-17-14/h3-6,9,13,19H,7-8H2,1-2H3. The minimum atomic E-state index is -0.382. The Kier molecular flexibility index (Phi) is 2.91. The summed E-state index contributed by atoms with van der Waals surface area (Å²) in [6, 6.07) is 5.73. The second-order valence-electron chi connectivity index (χ2n) is 5.98. The third kappa shape index (κ3) is 2.28. The van der Waals surface area contributed by atoms with Crippen molar-refractivity contribution < 1.29 is 5.11 Å². The first kappa shape index (κ1) is 12.7. The molecule has 0 spiro atoms. The summed E-state index contributed by atoms with van der Waals surface area (Å²) in [5, 5.41) is 10.9. The van der Waals surface area contributed by atoms with Gasteiger partial charge in [-0.2, -0.15) is 0 Å². The lowest BCUT2D eigenvalue weighted by Crippen LogP contribution is -2.26. The SMILES string of the molecule is CC1(C)Cc2c(ccn2-c2ccc(Cl)cn2)C(O)C1. The van der Waals surface area contributed by atoms with Crippen molar-refractivity contribution >= 4 is 11.6 Å². The Balaban J connectivity index is 2.08. The topological polar surface area (TPSA) is 38.0 Å². The fourth-order valence-electron chi connectivity index (χ4n) is 2.85.